The van der Waals surface area contributed by atoms with Gasteiger partial charge in [-0.05, 0) is 13.0 Å². The molecular formula is C6H22N2O12P4. The average molecular weight is 438 g/mol. The van der Waals surface area contributed by atoms with E-state index >= 15 is 0 Å². The number of hydrogen-bond acceptors (Lipinski definition) is 6. The second kappa shape index (κ2) is 8.04. The Labute approximate surface area is 137 Å². The van der Waals surface area contributed by atoms with Gasteiger partial charge in [0.25, 0.3) is 0 Å². The quantitative estimate of drug-likeness (QED) is 0.217. The fraction of sp³-hybridized carbons (Fsp3) is 1.00. The summed E-state index contributed by atoms with van der Waals surface area (Å²) in [6.07, 6.45) is -1.04. The van der Waals surface area contributed by atoms with Gasteiger partial charge in [-0.1, -0.05) is 13.8 Å². The van der Waals surface area contributed by atoms with Crippen LogP contribution in [0.15, 0.2) is 0 Å². The SMILES string of the molecule is CCN(C(P(=O)(O)O)P(=O)(O)O)C(CC)(P(=O)(O)O)P(=O)(O)O.N. The Morgan fingerprint density at radius 3 is 1.21 bits per heavy atom. The van der Waals surface area contributed by atoms with Crippen molar-refractivity contribution in [1.82, 2.24) is 11.1 Å². The molecule has 0 atom stereocenters. The van der Waals surface area contributed by atoms with Crippen molar-refractivity contribution in [2.45, 2.75) is 30.8 Å². The van der Waals surface area contributed by atoms with Crippen molar-refractivity contribution in [2.24, 2.45) is 0 Å². The first-order chi connectivity index (χ1) is 9.88. The molecule has 0 aromatic carbocycles. The zero-order chi connectivity index (χ0) is 19.1. The second-order valence-electron chi connectivity index (χ2n) is 4.53. The predicted molar refractivity (Wildman–Crippen MR) is 82.4 cm³/mol. The third kappa shape index (κ3) is 5.03. The molecule has 0 aliphatic heterocycles. The summed E-state index contributed by atoms with van der Waals surface area (Å²) >= 11 is 0. The van der Waals surface area contributed by atoms with Crippen LogP contribution < -0.4 is 6.15 Å². The highest BCUT2D eigenvalue weighted by atomic mass is 31.2. The van der Waals surface area contributed by atoms with Crippen LogP contribution in [0, 0.1) is 0 Å². The monoisotopic (exact) mass is 438 g/mol. The van der Waals surface area contributed by atoms with Crippen LogP contribution in [0.3, 0.4) is 0 Å². The van der Waals surface area contributed by atoms with E-state index in [0.29, 0.717) is 0 Å². The van der Waals surface area contributed by atoms with Crippen molar-refractivity contribution in [3.63, 3.8) is 0 Å². The summed E-state index contributed by atoms with van der Waals surface area (Å²) < 4.78 is 46.4. The summed E-state index contributed by atoms with van der Waals surface area (Å²) in [5, 5.41) is -3.50. The van der Waals surface area contributed by atoms with Crippen LogP contribution >= 0.6 is 30.4 Å². The predicted octanol–water partition coefficient (Wildman–Crippen LogP) is -0.472. The van der Waals surface area contributed by atoms with Gasteiger partial charge in [-0.25, -0.2) is 0 Å². The highest BCUT2D eigenvalue weighted by Gasteiger charge is 2.68. The minimum absolute atomic E-state index is 0. The van der Waals surface area contributed by atoms with E-state index in [4.69, 9.17) is 0 Å². The number of rotatable bonds is 8. The van der Waals surface area contributed by atoms with E-state index in [1.807, 2.05) is 0 Å². The molecule has 0 saturated heterocycles. The van der Waals surface area contributed by atoms with Crippen LogP contribution in [0.2, 0.25) is 0 Å². The third-order valence-corrected chi connectivity index (χ3v) is 11.2. The Kier molecular flexibility index (Phi) is 8.96. The van der Waals surface area contributed by atoms with Crippen molar-refractivity contribution < 1.29 is 57.4 Å². The van der Waals surface area contributed by atoms with Gasteiger partial charge in [-0.2, -0.15) is 0 Å². The van der Waals surface area contributed by atoms with Gasteiger partial charge in [0.05, 0.1) is 0 Å². The van der Waals surface area contributed by atoms with Crippen molar-refractivity contribution in [2.75, 3.05) is 6.54 Å². The van der Waals surface area contributed by atoms with Gasteiger partial charge >= 0.3 is 30.4 Å². The number of nitrogens with zero attached hydrogens (tertiary/aromatic N) is 1. The van der Waals surface area contributed by atoms with E-state index in [1.54, 1.807) is 0 Å². The fourth-order valence-corrected chi connectivity index (χ4v) is 9.02. The molecule has 0 radical (unpaired) electrons. The van der Waals surface area contributed by atoms with Crippen LogP contribution in [0.4, 0.5) is 0 Å². The highest BCUT2D eigenvalue weighted by molar-refractivity contribution is 7.73. The molecule has 0 saturated carbocycles. The van der Waals surface area contributed by atoms with E-state index in [9.17, 15) is 57.4 Å². The van der Waals surface area contributed by atoms with Gasteiger partial charge in [0.1, 0.15) is 0 Å². The maximum atomic E-state index is 11.7. The Hall–Kier alpha value is 0.520. The van der Waals surface area contributed by atoms with Crippen LogP contribution in [0.5, 0.6) is 0 Å². The van der Waals surface area contributed by atoms with Gasteiger partial charge in [0.15, 0.2) is 0 Å². The van der Waals surface area contributed by atoms with Gasteiger partial charge in [0.2, 0.25) is 10.5 Å². The molecule has 0 fully saturated rings. The minimum Gasteiger partial charge on any atom is -0.344 e. The Morgan fingerprint density at radius 2 is 1.08 bits per heavy atom. The molecule has 0 aromatic rings. The summed E-state index contributed by atoms with van der Waals surface area (Å²) in [4.78, 5) is 74.2. The molecule has 0 aliphatic carbocycles. The van der Waals surface area contributed by atoms with Crippen molar-refractivity contribution in [1.29, 1.82) is 0 Å². The van der Waals surface area contributed by atoms with Crippen LogP contribution in [0.25, 0.3) is 0 Å². The summed E-state index contributed by atoms with van der Waals surface area (Å²) in [6, 6.07) is 0. The standard InChI is InChI=1S/C6H19NO12P4.H3N/c1-3-6(22(14,15)16,23(17,18)19)7(4-2)5(20(8,9)10)21(11,12)13;/h5H,3-4H2,1-2H3,(H2,8,9,10)(H2,11,12,13)(H2,14,15,16)(H2,17,18,19);1H3. The van der Waals surface area contributed by atoms with Gasteiger partial charge in [-0.3, -0.25) is 23.2 Å². The van der Waals surface area contributed by atoms with Crippen molar-refractivity contribution >= 4 is 30.4 Å². The maximum Gasteiger partial charge on any atom is 0.358 e. The molecule has 0 rings (SSSR count). The molecule has 0 bridgehead atoms. The topological polar surface area (TPSA) is 268 Å². The smallest absolute Gasteiger partial charge is 0.344 e. The lowest BCUT2D eigenvalue weighted by Gasteiger charge is -2.45. The first-order valence-corrected chi connectivity index (χ1v) is 12.4. The molecule has 0 heterocycles. The second-order valence-corrected chi connectivity index (χ2v) is 12.3. The maximum absolute atomic E-state index is 11.7. The minimum atomic E-state index is -5.82. The van der Waals surface area contributed by atoms with E-state index in [0.717, 1.165) is 13.8 Å². The number of hydrogen-bond donors (Lipinski definition) is 9. The van der Waals surface area contributed by atoms with E-state index < -0.39 is 53.9 Å². The molecule has 14 nitrogen and oxygen atoms in total. The lowest BCUT2D eigenvalue weighted by Crippen LogP contribution is -2.52. The van der Waals surface area contributed by atoms with Crippen LogP contribution in [-0.4, -0.2) is 61.1 Å². The van der Waals surface area contributed by atoms with Crippen LogP contribution in [0.1, 0.15) is 20.3 Å². The zero-order valence-electron chi connectivity index (χ0n) is 12.6. The normalized spacial score (nSPS) is 14.8. The van der Waals surface area contributed by atoms with Gasteiger partial charge < -0.3 is 45.3 Å². The third-order valence-electron chi connectivity index (χ3n) is 3.09. The molecule has 0 aromatic heterocycles. The van der Waals surface area contributed by atoms with E-state index in [2.05, 4.69) is 0 Å². The Balaban J connectivity index is 0. The van der Waals surface area contributed by atoms with Gasteiger partial charge in [-0.15, -0.1) is 0 Å². The summed E-state index contributed by atoms with van der Waals surface area (Å²) in [5.41, 5.74) is -3.12. The summed E-state index contributed by atoms with van der Waals surface area (Å²) in [6.45, 7) is 1.01. The largest absolute Gasteiger partial charge is 0.358 e. The first-order valence-electron chi connectivity index (χ1n) is 5.86. The van der Waals surface area contributed by atoms with E-state index in [-0.39, 0.29) is 11.1 Å². The summed E-state index contributed by atoms with van der Waals surface area (Å²) in [5.74, 6) is 0. The molecule has 148 valence electrons. The Morgan fingerprint density at radius 1 is 0.792 bits per heavy atom. The lowest BCUT2D eigenvalue weighted by atomic mass is 10.4. The molecule has 0 unspecified atom stereocenters. The molecule has 0 aliphatic rings. The van der Waals surface area contributed by atoms with Crippen molar-refractivity contribution in [3.05, 3.63) is 0 Å². The van der Waals surface area contributed by atoms with Gasteiger partial charge in [0, 0.05) is 0 Å². The first kappa shape index (κ1) is 26.7. The van der Waals surface area contributed by atoms with E-state index in [1.165, 1.54) is 0 Å². The molecule has 0 spiro atoms. The Bertz CT molecular complexity index is 569. The molecular weight excluding hydrogens is 416 g/mol. The molecule has 0 amide bonds. The summed E-state index contributed by atoms with van der Waals surface area (Å²) in [7, 11) is -23.1. The molecule has 11 N–H and O–H groups in total. The van der Waals surface area contributed by atoms with Crippen molar-refractivity contribution in [3.8, 4) is 0 Å². The van der Waals surface area contributed by atoms with Crippen LogP contribution in [-0.2, 0) is 18.3 Å². The lowest BCUT2D eigenvalue weighted by molar-refractivity contribution is 0.144. The molecule has 18 heteroatoms. The zero-order valence-corrected chi connectivity index (χ0v) is 16.2. The average Bonchev–Trinajstić information content (AvgIpc) is 2.20. The highest BCUT2D eigenvalue weighted by Crippen LogP contribution is 2.75. The molecule has 24 heavy (non-hydrogen) atoms. The fourth-order valence-electron chi connectivity index (χ4n) is 2.28.